The van der Waals surface area contributed by atoms with Crippen molar-refractivity contribution < 1.29 is 14.3 Å². The molecule has 0 aliphatic rings. The van der Waals surface area contributed by atoms with Crippen LogP contribution in [-0.2, 0) is 9.16 Å². The van der Waals surface area contributed by atoms with Crippen LogP contribution in [0.3, 0.4) is 0 Å². The fraction of sp³-hybridized carbons (Fsp3) is 1.00. The molecule has 104 valence electrons. The van der Waals surface area contributed by atoms with E-state index in [0.717, 1.165) is 0 Å². The van der Waals surface area contributed by atoms with E-state index < -0.39 is 8.32 Å². The van der Waals surface area contributed by atoms with E-state index >= 15 is 0 Å². The predicted molar refractivity (Wildman–Crippen MR) is 74.8 cm³/mol. The minimum atomic E-state index is -1.77. The van der Waals surface area contributed by atoms with Crippen molar-refractivity contribution >= 4 is 8.32 Å². The molecule has 0 radical (unpaired) electrons. The van der Waals surface area contributed by atoms with Crippen molar-refractivity contribution in [1.29, 1.82) is 0 Å². The van der Waals surface area contributed by atoms with Gasteiger partial charge in [-0.1, -0.05) is 27.7 Å². The van der Waals surface area contributed by atoms with Crippen molar-refractivity contribution in [3.63, 3.8) is 0 Å². The van der Waals surface area contributed by atoms with E-state index in [-0.39, 0.29) is 29.8 Å². The van der Waals surface area contributed by atoms with Gasteiger partial charge in [-0.05, 0) is 25.1 Å². The molecular formula is C13H30O3Si. The number of hydrogen-bond acceptors (Lipinski definition) is 3. The molecule has 0 saturated heterocycles. The highest BCUT2D eigenvalue weighted by molar-refractivity contribution is 6.74. The minimum Gasteiger partial charge on any atom is -0.412 e. The van der Waals surface area contributed by atoms with Crippen LogP contribution in [0.15, 0.2) is 0 Å². The lowest BCUT2D eigenvalue weighted by Gasteiger charge is -2.41. The second-order valence-electron chi connectivity index (χ2n) is 6.44. The van der Waals surface area contributed by atoms with E-state index in [1.807, 2.05) is 13.8 Å². The molecule has 0 aliphatic heterocycles. The SMILES string of the molecule is CO[C@@H]([C@H](C)O[Si](C)(C)C(C)(C)C)[C@@H](C)CO. The van der Waals surface area contributed by atoms with Crippen LogP contribution in [0.25, 0.3) is 0 Å². The Morgan fingerprint density at radius 3 is 1.94 bits per heavy atom. The van der Waals surface area contributed by atoms with Gasteiger partial charge in [-0.15, -0.1) is 0 Å². The molecule has 3 nitrogen and oxygen atoms in total. The third-order valence-electron chi connectivity index (χ3n) is 3.87. The zero-order valence-corrected chi connectivity index (χ0v) is 13.7. The second-order valence-corrected chi connectivity index (χ2v) is 11.2. The highest BCUT2D eigenvalue weighted by Gasteiger charge is 2.40. The molecule has 0 aliphatic carbocycles. The monoisotopic (exact) mass is 262 g/mol. The van der Waals surface area contributed by atoms with Gasteiger partial charge in [-0.2, -0.15) is 0 Å². The molecule has 0 heterocycles. The summed E-state index contributed by atoms with van der Waals surface area (Å²) >= 11 is 0. The number of aliphatic hydroxyl groups excluding tert-OH is 1. The largest absolute Gasteiger partial charge is 0.412 e. The Morgan fingerprint density at radius 2 is 1.65 bits per heavy atom. The third kappa shape index (κ3) is 4.70. The lowest BCUT2D eigenvalue weighted by molar-refractivity contribution is -0.0399. The fourth-order valence-electron chi connectivity index (χ4n) is 1.70. The Morgan fingerprint density at radius 1 is 1.18 bits per heavy atom. The Balaban J connectivity index is 4.67. The lowest BCUT2D eigenvalue weighted by atomic mass is 10.0. The second kappa shape index (κ2) is 6.32. The number of ether oxygens (including phenoxy) is 1. The number of aliphatic hydroxyl groups is 1. The Kier molecular flexibility index (Phi) is 6.35. The molecular weight excluding hydrogens is 232 g/mol. The maximum atomic E-state index is 9.22. The summed E-state index contributed by atoms with van der Waals surface area (Å²) in [6, 6.07) is 0. The van der Waals surface area contributed by atoms with Crippen LogP contribution < -0.4 is 0 Å². The first-order valence-corrected chi connectivity index (χ1v) is 9.29. The van der Waals surface area contributed by atoms with Gasteiger partial charge in [0, 0.05) is 19.6 Å². The first kappa shape index (κ1) is 17.1. The van der Waals surface area contributed by atoms with Crippen LogP contribution in [0.1, 0.15) is 34.6 Å². The first-order valence-electron chi connectivity index (χ1n) is 6.38. The summed E-state index contributed by atoms with van der Waals surface area (Å²) in [5, 5.41) is 9.42. The van der Waals surface area contributed by atoms with Gasteiger partial charge in [-0.3, -0.25) is 0 Å². The van der Waals surface area contributed by atoms with E-state index in [9.17, 15) is 5.11 Å². The highest BCUT2D eigenvalue weighted by atomic mass is 28.4. The maximum Gasteiger partial charge on any atom is 0.192 e. The zero-order chi connectivity index (χ0) is 13.9. The van der Waals surface area contributed by atoms with Gasteiger partial charge in [0.05, 0.1) is 12.2 Å². The van der Waals surface area contributed by atoms with Gasteiger partial charge in [0.15, 0.2) is 8.32 Å². The summed E-state index contributed by atoms with van der Waals surface area (Å²) in [4.78, 5) is 0. The van der Waals surface area contributed by atoms with Crippen molar-refractivity contribution in [2.24, 2.45) is 5.92 Å². The Bertz CT molecular complexity index is 223. The number of rotatable bonds is 6. The van der Waals surface area contributed by atoms with Gasteiger partial charge < -0.3 is 14.3 Å². The van der Waals surface area contributed by atoms with Crippen LogP contribution in [0, 0.1) is 5.92 Å². The average molecular weight is 262 g/mol. The van der Waals surface area contributed by atoms with E-state index in [1.165, 1.54) is 0 Å². The van der Waals surface area contributed by atoms with Crippen molar-refractivity contribution in [3.05, 3.63) is 0 Å². The third-order valence-corrected chi connectivity index (χ3v) is 8.44. The number of methoxy groups -OCH3 is 1. The van der Waals surface area contributed by atoms with Crippen LogP contribution in [-0.4, -0.2) is 39.3 Å². The van der Waals surface area contributed by atoms with E-state index in [2.05, 4.69) is 33.9 Å². The van der Waals surface area contributed by atoms with Crippen LogP contribution in [0.4, 0.5) is 0 Å². The lowest BCUT2D eigenvalue weighted by Crippen LogP contribution is -2.48. The van der Waals surface area contributed by atoms with Crippen molar-refractivity contribution in [3.8, 4) is 0 Å². The van der Waals surface area contributed by atoms with E-state index in [1.54, 1.807) is 7.11 Å². The summed E-state index contributed by atoms with van der Waals surface area (Å²) < 4.78 is 11.7. The van der Waals surface area contributed by atoms with Crippen LogP contribution in [0.2, 0.25) is 18.1 Å². The zero-order valence-electron chi connectivity index (χ0n) is 12.7. The molecule has 0 aromatic rings. The molecule has 0 saturated carbocycles. The molecule has 0 fully saturated rings. The quantitative estimate of drug-likeness (QED) is 0.748. The summed E-state index contributed by atoms with van der Waals surface area (Å²) in [6.07, 6.45) is -0.0304. The molecule has 1 N–H and O–H groups in total. The maximum absolute atomic E-state index is 9.22. The molecule has 0 aromatic carbocycles. The highest BCUT2D eigenvalue weighted by Crippen LogP contribution is 2.38. The molecule has 0 spiro atoms. The first-order chi connectivity index (χ1) is 7.56. The summed E-state index contributed by atoms with van der Waals surface area (Å²) in [5.41, 5.74) is 0. The summed E-state index contributed by atoms with van der Waals surface area (Å²) in [5.74, 6) is 0.0970. The van der Waals surface area contributed by atoms with Gasteiger partial charge in [-0.25, -0.2) is 0 Å². The van der Waals surface area contributed by atoms with Gasteiger partial charge in [0.1, 0.15) is 0 Å². The molecule has 17 heavy (non-hydrogen) atoms. The van der Waals surface area contributed by atoms with Crippen molar-refractivity contribution in [2.75, 3.05) is 13.7 Å². The normalized spacial score (nSPS) is 18.9. The smallest absolute Gasteiger partial charge is 0.192 e. The van der Waals surface area contributed by atoms with E-state index in [4.69, 9.17) is 9.16 Å². The minimum absolute atomic E-state index is 0.0167. The van der Waals surface area contributed by atoms with Gasteiger partial charge in [0.2, 0.25) is 0 Å². The van der Waals surface area contributed by atoms with Crippen LogP contribution >= 0.6 is 0 Å². The summed E-state index contributed by atoms with van der Waals surface area (Å²) in [6.45, 7) is 15.3. The molecule has 0 rings (SSSR count). The molecule has 0 aromatic heterocycles. The topological polar surface area (TPSA) is 38.7 Å². The van der Waals surface area contributed by atoms with Crippen LogP contribution in [0.5, 0.6) is 0 Å². The molecule has 0 bridgehead atoms. The molecule has 0 amide bonds. The standard InChI is InChI=1S/C13H30O3Si/c1-10(9-14)12(15-6)11(2)16-17(7,8)13(3,4)5/h10-12,14H,9H2,1-8H3/t10-,11-,12+/m0/s1. The Hall–Kier alpha value is 0.0969. The molecule has 4 heteroatoms. The predicted octanol–water partition coefficient (Wildman–Crippen LogP) is 3.04. The summed E-state index contributed by atoms with van der Waals surface area (Å²) in [7, 11) is -0.0844. The number of hydrogen-bond donors (Lipinski definition) is 1. The molecule has 3 atom stereocenters. The van der Waals surface area contributed by atoms with Crippen molar-refractivity contribution in [2.45, 2.75) is 65.0 Å². The Labute approximate surface area is 108 Å². The molecule has 0 unspecified atom stereocenters. The van der Waals surface area contributed by atoms with Gasteiger partial charge in [0.25, 0.3) is 0 Å². The van der Waals surface area contributed by atoms with E-state index in [0.29, 0.717) is 0 Å². The average Bonchev–Trinajstić information content (AvgIpc) is 2.15. The van der Waals surface area contributed by atoms with Crippen molar-refractivity contribution in [1.82, 2.24) is 0 Å². The fourth-order valence-corrected chi connectivity index (χ4v) is 3.12. The van der Waals surface area contributed by atoms with Gasteiger partial charge >= 0.3 is 0 Å².